The summed E-state index contributed by atoms with van der Waals surface area (Å²) in [4.78, 5) is 17.9. The Kier molecular flexibility index (Phi) is 8.40. The Morgan fingerprint density at radius 2 is 1.59 bits per heavy atom. The molecule has 0 saturated carbocycles. The zero-order valence-electron chi connectivity index (χ0n) is 21.6. The quantitative estimate of drug-likeness (QED) is 0.184. The zero-order valence-corrected chi connectivity index (χ0v) is 22.4. The first-order valence-corrected chi connectivity index (χ1v) is 12.8. The lowest BCUT2D eigenvalue weighted by Gasteiger charge is -2.16. The van der Waals surface area contributed by atoms with Crippen LogP contribution in [0.25, 0.3) is 10.9 Å². The van der Waals surface area contributed by atoms with Crippen LogP contribution in [0.15, 0.2) is 65.7 Å². The van der Waals surface area contributed by atoms with E-state index in [0.29, 0.717) is 41.0 Å². The minimum atomic E-state index is -0.484. The number of rotatable bonds is 9. The highest BCUT2D eigenvalue weighted by Gasteiger charge is 2.14. The number of aromatic nitrogens is 1. The summed E-state index contributed by atoms with van der Waals surface area (Å²) in [5.41, 5.74) is 4.33. The van der Waals surface area contributed by atoms with E-state index >= 15 is 0 Å². The van der Waals surface area contributed by atoms with Gasteiger partial charge in [-0.1, -0.05) is 17.7 Å². The molecule has 37 heavy (non-hydrogen) atoms. The molecule has 1 N–H and O–H groups in total. The molecule has 0 aliphatic heterocycles. The van der Waals surface area contributed by atoms with E-state index in [1.807, 2.05) is 38.1 Å². The van der Waals surface area contributed by atoms with E-state index in [1.54, 1.807) is 38.2 Å². The predicted octanol–water partition coefficient (Wildman–Crippen LogP) is 7.31. The molecule has 0 aliphatic carbocycles. The van der Waals surface area contributed by atoms with E-state index in [1.165, 1.54) is 5.56 Å². The van der Waals surface area contributed by atoms with Crippen molar-refractivity contribution in [1.29, 1.82) is 0 Å². The summed E-state index contributed by atoms with van der Waals surface area (Å²) in [6.07, 6.45) is 1.20. The SMILES string of the molecule is COc1cc2nccc(Oc3cc(C)c(NC(=O)OCCSc4ccc(C)cc4)cc3C)c2cc1OC. The lowest BCUT2D eigenvalue weighted by atomic mass is 10.1. The van der Waals surface area contributed by atoms with Crippen LogP contribution in [0.5, 0.6) is 23.0 Å². The number of nitrogens with one attached hydrogen (secondary N) is 1. The van der Waals surface area contributed by atoms with Gasteiger partial charge in [-0.05, 0) is 68.3 Å². The molecule has 7 nitrogen and oxygen atoms in total. The number of methoxy groups -OCH3 is 2. The van der Waals surface area contributed by atoms with Crippen LogP contribution in [0.2, 0.25) is 0 Å². The number of benzene rings is 3. The highest BCUT2D eigenvalue weighted by Crippen LogP contribution is 2.38. The number of ether oxygens (including phenoxy) is 4. The van der Waals surface area contributed by atoms with Gasteiger partial charge in [0.05, 0.1) is 19.7 Å². The summed E-state index contributed by atoms with van der Waals surface area (Å²) in [6.45, 7) is 6.21. The van der Waals surface area contributed by atoms with Gasteiger partial charge in [0.25, 0.3) is 0 Å². The third-order valence-electron chi connectivity index (χ3n) is 5.79. The van der Waals surface area contributed by atoms with Gasteiger partial charge in [-0.3, -0.25) is 10.3 Å². The molecule has 0 fully saturated rings. The second kappa shape index (κ2) is 11.9. The number of amides is 1. The van der Waals surface area contributed by atoms with Crippen molar-refractivity contribution >= 4 is 34.4 Å². The van der Waals surface area contributed by atoms with Gasteiger partial charge in [0.2, 0.25) is 0 Å². The van der Waals surface area contributed by atoms with Crippen LogP contribution in [0.4, 0.5) is 10.5 Å². The highest BCUT2D eigenvalue weighted by molar-refractivity contribution is 7.99. The van der Waals surface area contributed by atoms with Crippen molar-refractivity contribution in [3.05, 3.63) is 77.5 Å². The number of pyridine rings is 1. The number of thioether (sulfide) groups is 1. The molecule has 1 amide bonds. The zero-order chi connectivity index (χ0) is 26.4. The Bertz CT molecular complexity index is 1410. The van der Waals surface area contributed by atoms with Crippen LogP contribution < -0.4 is 19.5 Å². The highest BCUT2D eigenvalue weighted by atomic mass is 32.2. The van der Waals surface area contributed by atoms with E-state index in [2.05, 4.69) is 41.5 Å². The third-order valence-corrected chi connectivity index (χ3v) is 6.77. The topological polar surface area (TPSA) is 78.9 Å². The van der Waals surface area contributed by atoms with Crippen molar-refractivity contribution in [2.24, 2.45) is 0 Å². The summed E-state index contributed by atoms with van der Waals surface area (Å²) in [7, 11) is 3.18. The summed E-state index contributed by atoms with van der Waals surface area (Å²) in [5, 5.41) is 3.64. The van der Waals surface area contributed by atoms with Crippen molar-refractivity contribution in [2.75, 3.05) is 31.9 Å². The van der Waals surface area contributed by atoms with Gasteiger partial charge < -0.3 is 18.9 Å². The molecule has 0 radical (unpaired) electrons. The van der Waals surface area contributed by atoms with E-state index in [9.17, 15) is 4.79 Å². The number of fused-ring (bicyclic) bond motifs is 1. The molecule has 3 aromatic carbocycles. The van der Waals surface area contributed by atoms with Crippen LogP contribution in [0, 0.1) is 20.8 Å². The Balaban J connectivity index is 1.41. The van der Waals surface area contributed by atoms with Crippen LogP contribution in [-0.4, -0.2) is 37.7 Å². The lowest BCUT2D eigenvalue weighted by Crippen LogP contribution is -2.16. The number of aryl methyl sites for hydroxylation is 3. The molecule has 0 saturated heterocycles. The molecule has 0 aliphatic rings. The fourth-order valence-electron chi connectivity index (χ4n) is 3.76. The second-order valence-corrected chi connectivity index (χ2v) is 9.66. The summed E-state index contributed by atoms with van der Waals surface area (Å²) in [6, 6.07) is 17.5. The normalized spacial score (nSPS) is 10.7. The molecule has 1 heterocycles. The first-order valence-electron chi connectivity index (χ1n) is 11.8. The molecule has 0 unspecified atom stereocenters. The molecule has 0 spiro atoms. The van der Waals surface area contributed by atoms with Crippen molar-refractivity contribution in [2.45, 2.75) is 25.7 Å². The number of anilines is 1. The molecule has 8 heteroatoms. The van der Waals surface area contributed by atoms with Gasteiger partial charge in [0, 0.05) is 34.0 Å². The predicted molar refractivity (Wildman–Crippen MR) is 148 cm³/mol. The van der Waals surface area contributed by atoms with Crippen LogP contribution in [0.1, 0.15) is 16.7 Å². The summed E-state index contributed by atoms with van der Waals surface area (Å²) in [5.74, 6) is 3.18. The smallest absolute Gasteiger partial charge is 0.411 e. The lowest BCUT2D eigenvalue weighted by molar-refractivity contribution is 0.169. The van der Waals surface area contributed by atoms with Crippen LogP contribution in [0.3, 0.4) is 0 Å². The maximum absolute atomic E-state index is 12.4. The van der Waals surface area contributed by atoms with E-state index in [-0.39, 0.29) is 0 Å². The minimum Gasteiger partial charge on any atom is -0.493 e. The van der Waals surface area contributed by atoms with E-state index in [0.717, 1.165) is 26.9 Å². The Hall–Kier alpha value is -3.91. The van der Waals surface area contributed by atoms with Crippen molar-refractivity contribution in [1.82, 2.24) is 4.98 Å². The molecular weight excluding hydrogens is 488 g/mol. The monoisotopic (exact) mass is 518 g/mol. The van der Waals surface area contributed by atoms with Crippen molar-refractivity contribution < 1.29 is 23.7 Å². The van der Waals surface area contributed by atoms with Gasteiger partial charge in [0.1, 0.15) is 18.1 Å². The molecule has 4 aromatic rings. The minimum absolute atomic E-state index is 0.312. The molecule has 0 bridgehead atoms. The Morgan fingerprint density at radius 1 is 0.865 bits per heavy atom. The van der Waals surface area contributed by atoms with Gasteiger partial charge >= 0.3 is 6.09 Å². The first kappa shape index (κ1) is 26.2. The number of hydrogen-bond acceptors (Lipinski definition) is 7. The molecular formula is C29H30N2O5S. The van der Waals surface area contributed by atoms with Gasteiger partial charge in [0.15, 0.2) is 11.5 Å². The molecule has 192 valence electrons. The third kappa shape index (κ3) is 6.46. The first-order chi connectivity index (χ1) is 17.9. The average Bonchev–Trinajstić information content (AvgIpc) is 2.89. The van der Waals surface area contributed by atoms with Gasteiger partial charge in [-0.2, -0.15) is 0 Å². The van der Waals surface area contributed by atoms with Crippen molar-refractivity contribution in [3.8, 4) is 23.0 Å². The van der Waals surface area contributed by atoms with Gasteiger partial charge in [-0.25, -0.2) is 4.79 Å². The summed E-state index contributed by atoms with van der Waals surface area (Å²) >= 11 is 1.65. The maximum atomic E-state index is 12.4. The van der Waals surface area contributed by atoms with E-state index in [4.69, 9.17) is 18.9 Å². The number of carbonyl (C=O) groups excluding carboxylic acids is 1. The Morgan fingerprint density at radius 3 is 2.32 bits per heavy atom. The van der Waals surface area contributed by atoms with Crippen LogP contribution in [-0.2, 0) is 4.74 Å². The van der Waals surface area contributed by atoms with Crippen molar-refractivity contribution in [3.63, 3.8) is 0 Å². The average molecular weight is 519 g/mol. The molecule has 1 aromatic heterocycles. The fourth-order valence-corrected chi connectivity index (χ4v) is 4.49. The largest absolute Gasteiger partial charge is 0.493 e. The standard InChI is InChI=1S/C29H30N2O5S/c1-18-6-8-21(9-7-18)37-13-12-35-29(32)31-23-14-20(3)26(15-19(23)2)36-25-10-11-30-24-17-28(34-5)27(33-4)16-22(24)25/h6-11,14-17H,12-13H2,1-5H3,(H,31,32). The van der Waals surface area contributed by atoms with Gasteiger partial charge in [-0.15, -0.1) is 11.8 Å². The maximum Gasteiger partial charge on any atom is 0.411 e. The molecule has 4 rings (SSSR count). The fraction of sp³-hybridized carbons (Fsp3) is 0.241. The molecule has 0 atom stereocenters. The van der Waals surface area contributed by atoms with E-state index < -0.39 is 6.09 Å². The number of nitrogens with zero attached hydrogens (tertiary/aromatic N) is 1. The number of carbonyl (C=O) groups is 1. The second-order valence-electron chi connectivity index (χ2n) is 8.49. The summed E-state index contributed by atoms with van der Waals surface area (Å²) < 4.78 is 22.5. The number of hydrogen-bond donors (Lipinski definition) is 1. The Labute approximate surface area is 221 Å². The van der Waals surface area contributed by atoms with Crippen LogP contribution >= 0.6 is 11.8 Å².